The molecule has 0 aromatic rings. The molecule has 0 radical (unpaired) electrons. The summed E-state index contributed by atoms with van der Waals surface area (Å²) in [6.45, 7) is 4.17. The summed E-state index contributed by atoms with van der Waals surface area (Å²) in [6.07, 6.45) is 45.3. The molecule has 0 aromatic heterocycles. The van der Waals surface area contributed by atoms with Crippen LogP contribution in [0.5, 0.6) is 0 Å². The highest BCUT2D eigenvalue weighted by Crippen LogP contribution is 2.15. The van der Waals surface area contributed by atoms with Crippen molar-refractivity contribution in [1.29, 1.82) is 0 Å². The van der Waals surface area contributed by atoms with Gasteiger partial charge in [0.2, 0.25) is 5.91 Å². The molecule has 2 atom stereocenters. The summed E-state index contributed by atoms with van der Waals surface area (Å²) in [4.78, 5) is 12.3. The average molecular weight is 604 g/mol. The van der Waals surface area contributed by atoms with Crippen molar-refractivity contribution in [2.75, 3.05) is 6.61 Å². The number of aliphatic hydroxyl groups excluding tert-OH is 2. The SMILES string of the molecule is CC/C=C/CC/C=C/CC/C=C/C(O)C(CO)NC(=O)CCCCCCCCCCCCCCCCCCCCCCC. The van der Waals surface area contributed by atoms with Crippen LogP contribution in [0, 0.1) is 0 Å². The lowest BCUT2D eigenvalue weighted by Crippen LogP contribution is -2.45. The van der Waals surface area contributed by atoms with Gasteiger partial charge in [-0.1, -0.05) is 179 Å². The van der Waals surface area contributed by atoms with Crippen molar-refractivity contribution < 1.29 is 15.0 Å². The van der Waals surface area contributed by atoms with Crippen LogP contribution in [-0.2, 0) is 4.79 Å². The summed E-state index contributed by atoms with van der Waals surface area (Å²) in [7, 11) is 0. The zero-order valence-corrected chi connectivity index (χ0v) is 28.7. The molecule has 0 saturated carbocycles. The molecular formula is C39H73NO3. The van der Waals surface area contributed by atoms with Crippen molar-refractivity contribution in [2.45, 2.75) is 199 Å². The molecule has 4 heteroatoms. The zero-order valence-electron chi connectivity index (χ0n) is 28.7. The molecule has 0 spiro atoms. The molecule has 3 N–H and O–H groups in total. The van der Waals surface area contributed by atoms with Crippen LogP contribution < -0.4 is 5.32 Å². The molecule has 0 bridgehead atoms. The van der Waals surface area contributed by atoms with E-state index in [1.54, 1.807) is 6.08 Å². The molecule has 43 heavy (non-hydrogen) atoms. The predicted octanol–water partition coefficient (Wildman–Crippen LogP) is 11.1. The van der Waals surface area contributed by atoms with Gasteiger partial charge in [0.15, 0.2) is 0 Å². The van der Waals surface area contributed by atoms with E-state index in [0.29, 0.717) is 6.42 Å². The number of carbonyl (C=O) groups is 1. The Hall–Kier alpha value is -1.39. The van der Waals surface area contributed by atoms with Gasteiger partial charge in [-0.3, -0.25) is 4.79 Å². The molecule has 2 unspecified atom stereocenters. The Bertz CT molecular complexity index is 657. The van der Waals surface area contributed by atoms with Gasteiger partial charge in [0.1, 0.15) is 0 Å². The Balaban J connectivity index is 3.55. The van der Waals surface area contributed by atoms with Crippen LogP contribution in [0.25, 0.3) is 0 Å². The number of carbonyl (C=O) groups excluding carboxylic acids is 1. The minimum Gasteiger partial charge on any atom is -0.394 e. The van der Waals surface area contributed by atoms with E-state index < -0.39 is 12.1 Å². The first-order chi connectivity index (χ1) is 21.2. The van der Waals surface area contributed by atoms with E-state index >= 15 is 0 Å². The number of allylic oxidation sites excluding steroid dienone is 5. The molecule has 0 fully saturated rings. The molecular weight excluding hydrogens is 530 g/mol. The van der Waals surface area contributed by atoms with E-state index in [0.717, 1.165) is 44.9 Å². The second-order valence-corrected chi connectivity index (χ2v) is 12.6. The lowest BCUT2D eigenvalue weighted by Gasteiger charge is -2.19. The minimum absolute atomic E-state index is 0.0793. The summed E-state index contributed by atoms with van der Waals surface area (Å²) in [6, 6.07) is -0.639. The summed E-state index contributed by atoms with van der Waals surface area (Å²) < 4.78 is 0. The number of nitrogens with one attached hydrogen (secondary N) is 1. The van der Waals surface area contributed by atoms with Crippen LogP contribution in [0.2, 0.25) is 0 Å². The fraction of sp³-hybridized carbons (Fsp3) is 0.821. The van der Waals surface area contributed by atoms with Gasteiger partial charge in [-0.05, 0) is 38.5 Å². The predicted molar refractivity (Wildman–Crippen MR) is 188 cm³/mol. The van der Waals surface area contributed by atoms with E-state index in [2.05, 4.69) is 43.5 Å². The van der Waals surface area contributed by atoms with Crippen molar-refractivity contribution in [3.05, 3.63) is 36.5 Å². The first-order valence-electron chi connectivity index (χ1n) is 18.7. The maximum atomic E-state index is 12.3. The fourth-order valence-corrected chi connectivity index (χ4v) is 5.51. The Morgan fingerprint density at radius 2 is 0.930 bits per heavy atom. The van der Waals surface area contributed by atoms with Crippen molar-refractivity contribution in [2.24, 2.45) is 0 Å². The van der Waals surface area contributed by atoms with E-state index in [9.17, 15) is 15.0 Å². The maximum absolute atomic E-state index is 12.3. The second kappa shape index (κ2) is 35.1. The van der Waals surface area contributed by atoms with Crippen LogP contribution in [0.1, 0.15) is 187 Å². The minimum atomic E-state index is -0.864. The van der Waals surface area contributed by atoms with Crippen LogP contribution in [-0.4, -0.2) is 34.9 Å². The van der Waals surface area contributed by atoms with Crippen molar-refractivity contribution in [1.82, 2.24) is 5.32 Å². The Morgan fingerprint density at radius 3 is 1.33 bits per heavy atom. The van der Waals surface area contributed by atoms with Gasteiger partial charge in [0, 0.05) is 6.42 Å². The molecule has 0 aliphatic rings. The number of unbranched alkanes of at least 4 members (excludes halogenated alkanes) is 22. The number of hydrogen-bond acceptors (Lipinski definition) is 3. The molecule has 0 aromatic carbocycles. The maximum Gasteiger partial charge on any atom is 0.220 e. The van der Waals surface area contributed by atoms with Crippen LogP contribution in [0.15, 0.2) is 36.5 Å². The van der Waals surface area contributed by atoms with Gasteiger partial charge in [-0.15, -0.1) is 0 Å². The monoisotopic (exact) mass is 604 g/mol. The Labute approximate surface area is 268 Å². The molecule has 252 valence electrons. The largest absolute Gasteiger partial charge is 0.394 e. The van der Waals surface area contributed by atoms with Gasteiger partial charge in [-0.25, -0.2) is 0 Å². The highest BCUT2D eigenvalue weighted by atomic mass is 16.3. The normalized spacial score (nSPS) is 13.5. The summed E-state index contributed by atoms with van der Waals surface area (Å²) >= 11 is 0. The molecule has 4 nitrogen and oxygen atoms in total. The topological polar surface area (TPSA) is 69.6 Å². The van der Waals surface area contributed by atoms with Gasteiger partial charge >= 0.3 is 0 Å². The van der Waals surface area contributed by atoms with Crippen molar-refractivity contribution in [3.8, 4) is 0 Å². The summed E-state index contributed by atoms with van der Waals surface area (Å²) in [5.74, 6) is -0.0793. The molecule has 0 heterocycles. The lowest BCUT2D eigenvalue weighted by molar-refractivity contribution is -0.123. The quantitative estimate of drug-likeness (QED) is 0.0516. The Morgan fingerprint density at radius 1 is 0.558 bits per heavy atom. The zero-order chi connectivity index (χ0) is 31.5. The van der Waals surface area contributed by atoms with Gasteiger partial charge < -0.3 is 15.5 Å². The number of aliphatic hydroxyl groups is 2. The standard InChI is InChI=1S/C39H73NO3/c1-3-5-7-9-11-13-15-16-17-18-19-20-21-22-23-24-25-27-29-31-33-35-39(43)40-37(36-41)38(42)34-32-30-28-26-14-12-10-8-6-4-2/h6,8,14,26,32,34,37-38,41-42H,3-5,7,9-13,15-25,27-31,33,35-36H2,1-2H3,(H,40,43)/b8-6+,26-14+,34-32+. The van der Waals surface area contributed by atoms with Gasteiger partial charge in [0.25, 0.3) is 0 Å². The molecule has 1 amide bonds. The van der Waals surface area contributed by atoms with Gasteiger partial charge in [0.05, 0.1) is 18.8 Å². The third-order valence-corrected chi connectivity index (χ3v) is 8.37. The first kappa shape index (κ1) is 41.6. The first-order valence-corrected chi connectivity index (χ1v) is 18.7. The molecule has 0 aliphatic carbocycles. The molecule has 0 rings (SSSR count). The number of hydrogen-bond donors (Lipinski definition) is 3. The molecule has 0 saturated heterocycles. The van der Waals surface area contributed by atoms with E-state index in [1.807, 2.05) is 6.08 Å². The van der Waals surface area contributed by atoms with E-state index in [1.165, 1.54) is 122 Å². The van der Waals surface area contributed by atoms with Crippen LogP contribution >= 0.6 is 0 Å². The number of amides is 1. The smallest absolute Gasteiger partial charge is 0.220 e. The lowest BCUT2D eigenvalue weighted by atomic mass is 10.0. The third kappa shape index (κ3) is 31.8. The van der Waals surface area contributed by atoms with Gasteiger partial charge in [-0.2, -0.15) is 0 Å². The number of rotatable bonds is 33. The highest BCUT2D eigenvalue weighted by molar-refractivity contribution is 5.76. The van der Waals surface area contributed by atoms with Crippen LogP contribution in [0.3, 0.4) is 0 Å². The molecule has 0 aliphatic heterocycles. The van der Waals surface area contributed by atoms with E-state index in [-0.39, 0.29) is 12.5 Å². The Kier molecular flexibility index (Phi) is 34.0. The van der Waals surface area contributed by atoms with Crippen molar-refractivity contribution >= 4 is 5.91 Å². The third-order valence-electron chi connectivity index (χ3n) is 8.37. The summed E-state index contributed by atoms with van der Waals surface area (Å²) in [5.41, 5.74) is 0. The van der Waals surface area contributed by atoms with Crippen LogP contribution in [0.4, 0.5) is 0 Å². The summed E-state index contributed by atoms with van der Waals surface area (Å²) in [5, 5.41) is 22.8. The van der Waals surface area contributed by atoms with Crippen molar-refractivity contribution in [3.63, 3.8) is 0 Å². The fourth-order valence-electron chi connectivity index (χ4n) is 5.51. The highest BCUT2D eigenvalue weighted by Gasteiger charge is 2.17. The second-order valence-electron chi connectivity index (χ2n) is 12.6. The average Bonchev–Trinajstić information content (AvgIpc) is 3.01. The van der Waals surface area contributed by atoms with E-state index in [4.69, 9.17) is 0 Å².